The second-order valence-corrected chi connectivity index (χ2v) is 8.34. The van der Waals surface area contributed by atoms with Gasteiger partial charge in [-0.25, -0.2) is 19.7 Å². The van der Waals surface area contributed by atoms with Gasteiger partial charge in [-0.1, -0.05) is 0 Å². The van der Waals surface area contributed by atoms with E-state index in [1.807, 2.05) is 6.92 Å². The molecule has 0 unspecified atom stereocenters. The lowest BCUT2D eigenvalue weighted by molar-refractivity contribution is -0.197. The zero-order valence-electron chi connectivity index (χ0n) is 18.8. The molecule has 3 aromatic rings. The molecule has 0 spiro atoms. The zero-order chi connectivity index (χ0) is 23.9. The molecule has 2 fully saturated rings. The highest BCUT2D eigenvalue weighted by molar-refractivity contribution is 5.95. The van der Waals surface area contributed by atoms with Crippen LogP contribution in [0.1, 0.15) is 32.8 Å². The predicted molar refractivity (Wildman–Crippen MR) is 116 cm³/mol. The van der Waals surface area contributed by atoms with E-state index in [-0.39, 0.29) is 18.3 Å². The highest BCUT2D eigenvalue weighted by Crippen LogP contribution is 2.43. The third kappa shape index (κ3) is 4.08. The Balaban J connectivity index is 1.39. The first kappa shape index (κ1) is 22.3. The molecule has 4 atom stereocenters. The number of furan rings is 1. The summed E-state index contributed by atoms with van der Waals surface area (Å²) in [6.45, 7) is 6.08. The fourth-order valence-corrected chi connectivity index (χ4v) is 4.15. The molecule has 0 aliphatic carbocycles. The number of hydrogen-bond acceptors (Lipinski definition) is 9. The van der Waals surface area contributed by atoms with Crippen molar-refractivity contribution in [2.75, 3.05) is 11.9 Å². The number of carbonyl (C=O) groups excluding carboxylic acids is 2. The average Bonchev–Trinajstić information content (AvgIpc) is 3.56. The number of hydrogen-bond donors (Lipinski definition) is 3. The number of likely N-dealkylation sites (N-methyl/N-ethyl adjacent to an activating group) is 1. The van der Waals surface area contributed by atoms with Crippen LogP contribution in [0.25, 0.3) is 11.2 Å². The molecule has 3 amide bonds. The Morgan fingerprint density at radius 2 is 1.97 bits per heavy atom. The predicted octanol–water partition coefficient (Wildman–Crippen LogP) is 1.29. The Morgan fingerprint density at radius 1 is 1.15 bits per heavy atom. The maximum Gasteiger partial charge on any atom is 0.320 e. The summed E-state index contributed by atoms with van der Waals surface area (Å²) in [5.74, 6) is -0.328. The summed E-state index contributed by atoms with van der Waals surface area (Å²) >= 11 is 0. The number of fused-ring (bicyclic) bond motifs is 2. The molecule has 2 saturated heterocycles. The first-order chi connectivity index (χ1) is 16.4. The Bertz CT molecular complexity index is 1190. The van der Waals surface area contributed by atoms with Gasteiger partial charge >= 0.3 is 6.03 Å². The van der Waals surface area contributed by atoms with Crippen LogP contribution < -0.4 is 16.0 Å². The van der Waals surface area contributed by atoms with Crippen LogP contribution in [0.4, 0.5) is 10.6 Å². The Kier molecular flexibility index (Phi) is 5.67. The van der Waals surface area contributed by atoms with Gasteiger partial charge in [0.15, 0.2) is 35.1 Å². The topological polar surface area (TPSA) is 155 Å². The van der Waals surface area contributed by atoms with Crippen LogP contribution in [0.3, 0.4) is 0 Å². The molecular weight excluding hydrogens is 446 g/mol. The van der Waals surface area contributed by atoms with Crippen molar-refractivity contribution in [1.29, 1.82) is 0 Å². The molecule has 5 rings (SSSR count). The van der Waals surface area contributed by atoms with Gasteiger partial charge in [-0.2, -0.15) is 0 Å². The normalized spacial score (nSPS) is 25.3. The largest absolute Gasteiger partial charge is 0.467 e. The summed E-state index contributed by atoms with van der Waals surface area (Å²) in [5, 5.41) is 8.13. The van der Waals surface area contributed by atoms with E-state index in [0.29, 0.717) is 23.5 Å². The van der Waals surface area contributed by atoms with Crippen LogP contribution in [-0.4, -0.2) is 62.1 Å². The maximum absolute atomic E-state index is 12.6. The number of ether oxygens (including phenoxy) is 3. The summed E-state index contributed by atoms with van der Waals surface area (Å²) in [7, 11) is 0. The average molecular weight is 471 g/mol. The van der Waals surface area contributed by atoms with E-state index in [1.165, 1.54) is 18.9 Å². The third-order valence-corrected chi connectivity index (χ3v) is 5.51. The molecule has 2 aliphatic heterocycles. The molecule has 5 heterocycles. The molecule has 0 radical (unpaired) electrons. The van der Waals surface area contributed by atoms with Crippen LogP contribution in [0.15, 0.2) is 35.5 Å². The second kappa shape index (κ2) is 8.66. The first-order valence-electron chi connectivity index (χ1n) is 10.9. The van der Waals surface area contributed by atoms with Crippen LogP contribution in [0.2, 0.25) is 0 Å². The monoisotopic (exact) mass is 471 g/mol. The number of amides is 3. The minimum atomic E-state index is -0.883. The molecule has 3 aromatic heterocycles. The number of imidazole rings is 1. The highest BCUT2D eigenvalue weighted by Gasteiger charge is 2.58. The van der Waals surface area contributed by atoms with Crippen molar-refractivity contribution >= 4 is 28.9 Å². The van der Waals surface area contributed by atoms with Crippen molar-refractivity contribution in [2.45, 2.75) is 57.6 Å². The fraction of sp³-hybridized carbons (Fsp3) is 0.476. The highest BCUT2D eigenvalue weighted by atomic mass is 16.8. The number of nitrogens with zero attached hydrogens (tertiary/aromatic N) is 4. The lowest BCUT2D eigenvalue weighted by atomic mass is 10.1. The van der Waals surface area contributed by atoms with Gasteiger partial charge in [-0.3, -0.25) is 14.7 Å². The number of urea groups is 1. The van der Waals surface area contributed by atoms with E-state index in [0.717, 1.165) is 0 Å². The second-order valence-electron chi connectivity index (χ2n) is 8.34. The summed E-state index contributed by atoms with van der Waals surface area (Å²) in [6.07, 6.45) is 1.61. The minimum Gasteiger partial charge on any atom is -0.467 e. The smallest absolute Gasteiger partial charge is 0.320 e. The quantitative estimate of drug-likeness (QED) is 0.482. The third-order valence-electron chi connectivity index (χ3n) is 5.51. The van der Waals surface area contributed by atoms with E-state index in [1.54, 1.807) is 30.5 Å². The number of carbonyl (C=O) groups is 2. The van der Waals surface area contributed by atoms with Crippen molar-refractivity contribution < 1.29 is 28.2 Å². The van der Waals surface area contributed by atoms with Crippen molar-refractivity contribution in [1.82, 2.24) is 30.2 Å². The Morgan fingerprint density at radius 3 is 2.74 bits per heavy atom. The van der Waals surface area contributed by atoms with E-state index in [9.17, 15) is 9.59 Å². The van der Waals surface area contributed by atoms with E-state index in [2.05, 4.69) is 30.9 Å². The summed E-state index contributed by atoms with van der Waals surface area (Å²) < 4.78 is 25.0. The molecule has 0 bridgehead atoms. The molecule has 2 aliphatic rings. The molecular formula is C21H25N7O6. The van der Waals surface area contributed by atoms with Crippen molar-refractivity contribution in [3.8, 4) is 0 Å². The molecule has 180 valence electrons. The van der Waals surface area contributed by atoms with E-state index < -0.39 is 36.4 Å². The van der Waals surface area contributed by atoms with Crippen molar-refractivity contribution in [3.05, 3.63) is 36.8 Å². The van der Waals surface area contributed by atoms with Crippen molar-refractivity contribution in [3.63, 3.8) is 0 Å². The van der Waals surface area contributed by atoms with Gasteiger partial charge in [0, 0.05) is 6.54 Å². The SMILES string of the molecule is CCNC(=O)[C@H]1O[C@@H](n2cnc3c(NC(=O)NCc4ccco4)ncnc32)[C@@H]2OC(C)(C)O[C@@H]21. The van der Waals surface area contributed by atoms with Crippen LogP contribution in [-0.2, 0) is 25.5 Å². The van der Waals surface area contributed by atoms with Gasteiger partial charge in [-0.15, -0.1) is 0 Å². The van der Waals surface area contributed by atoms with Gasteiger partial charge < -0.3 is 29.3 Å². The molecule has 3 N–H and O–H groups in total. The van der Waals surface area contributed by atoms with E-state index in [4.69, 9.17) is 18.6 Å². The summed E-state index contributed by atoms with van der Waals surface area (Å²) in [4.78, 5) is 37.8. The molecule has 0 aromatic carbocycles. The van der Waals surface area contributed by atoms with Gasteiger partial charge in [-0.05, 0) is 32.9 Å². The van der Waals surface area contributed by atoms with Gasteiger partial charge in [0.2, 0.25) is 0 Å². The standard InChI is InChI=1S/C21H25N7O6/c1-4-22-18(29)14-13-15(34-21(2,3)33-13)19(32-14)28-10-26-12-16(24-9-25-17(12)28)27-20(30)23-8-11-6-5-7-31-11/h5-7,9-10,13-15,19H,4,8H2,1-3H3,(H,22,29)(H2,23,24,25,27,30)/t13-,14+,15-,19-/m1/s1. The van der Waals surface area contributed by atoms with E-state index >= 15 is 0 Å². The number of rotatable bonds is 6. The maximum atomic E-state index is 12.6. The van der Waals surface area contributed by atoms with Crippen LogP contribution >= 0.6 is 0 Å². The number of aromatic nitrogens is 4. The molecule has 13 heteroatoms. The Hall–Kier alpha value is -3.55. The van der Waals surface area contributed by atoms with Gasteiger partial charge in [0.05, 0.1) is 19.1 Å². The molecule has 13 nitrogen and oxygen atoms in total. The lowest BCUT2D eigenvalue weighted by Crippen LogP contribution is -2.42. The number of anilines is 1. The van der Waals surface area contributed by atoms with Gasteiger partial charge in [0.25, 0.3) is 5.91 Å². The lowest BCUT2D eigenvalue weighted by Gasteiger charge is -2.24. The van der Waals surface area contributed by atoms with Crippen LogP contribution in [0.5, 0.6) is 0 Å². The number of nitrogens with one attached hydrogen (secondary N) is 3. The molecule has 34 heavy (non-hydrogen) atoms. The van der Waals surface area contributed by atoms with Crippen LogP contribution in [0, 0.1) is 0 Å². The van der Waals surface area contributed by atoms with Gasteiger partial charge in [0.1, 0.15) is 24.3 Å². The molecule has 0 saturated carbocycles. The first-order valence-corrected chi connectivity index (χ1v) is 10.9. The fourth-order valence-electron chi connectivity index (χ4n) is 4.15. The Labute approximate surface area is 194 Å². The zero-order valence-corrected chi connectivity index (χ0v) is 18.8. The summed E-state index contributed by atoms with van der Waals surface area (Å²) in [5.41, 5.74) is 0.764. The summed E-state index contributed by atoms with van der Waals surface area (Å²) in [6, 6.07) is 3.01. The van der Waals surface area contributed by atoms with Crippen molar-refractivity contribution in [2.24, 2.45) is 0 Å². The minimum absolute atomic E-state index is 0.217.